The van der Waals surface area contributed by atoms with Crippen LogP contribution in [-0.2, 0) is 0 Å². The Morgan fingerprint density at radius 2 is 1.63 bits per heavy atom. The molecule has 0 bridgehead atoms. The van der Waals surface area contributed by atoms with Gasteiger partial charge in [-0.3, -0.25) is 5.84 Å². The molecule has 0 aliphatic heterocycles. The smallest absolute Gasteiger partial charge is 0.128 e. The SMILES string of the molecule is NNC(c1cc(Br)ccc1F)c1cc(Br)ccc1Cl. The molecule has 6 heteroatoms. The van der Waals surface area contributed by atoms with Crippen LogP contribution in [-0.4, -0.2) is 0 Å². The van der Waals surface area contributed by atoms with E-state index in [1.807, 2.05) is 12.1 Å². The van der Waals surface area contributed by atoms with Crippen molar-refractivity contribution in [2.24, 2.45) is 5.84 Å². The summed E-state index contributed by atoms with van der Waals surface area (Å²) in [5.41, 5.74) is 3.74. The number of rotatable bonds is 3. The Bertz CT molecular complexity index is 556. The van der Waals surface area contributed by atoms with E-state index < -0.39 is 6.04 Å². The van der Waals surface area contributed by atoms with Gasteiger partial charge in [0.1, 0.15) is 5.82 Å². The first-order valence-electron chi connectivity index (χ1n) is 5.39. The second kappa shape index (κ2) is 6.33. The summed E-state index contributed by atoms with van der Waals surface area (Å²) in [5, 5.41) is 0.519. The largest absolute Gasteiger partial charge is 0.271 e. The fourth-order valence-corrected chi connectivity index (χ4v) is 2.80. The highest BCUT2D eigenvalue weighted by Gasteiger charge is 2.19. The molecule has 0 aliphatic carbocycles. The Labute approximate surface area is 132 Å². The van der Waals surface area contributed by atoms with Crippen LogP contribution in [0, 0.1) is 5.82 Å². The summed E-state index contributed by atoms with van der Waals surface area (Å²) in [6.07, 6.45) is 0. The zero-order valence-corrected chi connectivity index (χ0v) is 13.6. The van der Waals surface area contributed by atoms with Crippen molar-refractivity contribution >= 4 is 43.5 Å². The molecule has 0 saturated heterocycles. The summed E-state index contributed by atoms with van der Waals surface area (Å²) in [5.74, 6) is 5.22. The average Bonchev–Trinajstić information content (AvgIpc) is 2.38. The minimum atomic E-state index is -0.525. The number of hydrogen-bond acceptors (Lipinski definition) is 2. The lowest BCUT2D eigenvalue weighted by atomic mass is 9.99. The molecule has 100 valence electrons. The highest BCUT2D eigenvalue weighted by Crippen LogP contribution is 2.32. The first-order chi connectivity index (χ1) is 9.02. The third-order valence-electron chi connectivity index (χ3n) is 2.70. The second-order valence-corrected chi connectivity index (χ2v) is 6.17. The zero-order valence-electron chi connectivity index (χ0n) is 9.63. The van der Waals surface area contributed by atoms with Crippen LogP contribution in [0.4, 0.5) is 4.39 Å². The molecule has 0 fully saturated rings. The number of hydrazine groups is 1. The number of nitrogens with two attached hydrogens (primary N) is 1. The van der Waals surface area contributed by atoms with Gasteiger partial charge >= 0.3 is 0 Å². The molecule has 0 radical (unpaired) electrons. The van der Waals surface area contributed by atoms with E-state index in [-0.39, 0.29) is 5.82 Å². The number of benzene rings is 2. The fourth-order valence-electron chi connectivity index (χ4n) is 1.82. The van der Waals surface area contributed by atoms with E-state index in [0.29, 0.717) is 16.1 Å². The van der Waals surface area contributed by atoms with Gasteiger partial charge in [-0.25, -0.2) is 9.82 Å². The predicted octanol–water partition coefficient (Wildman–Crippen LogP) is 4.56. The Morgan fingerprint density at radius 1 is 1.05 bits per heavy atom. The fraction of sp³-hybridized carbons (Fsp3) is 0.0769. The van der Waals surface area contributed by atoms with E-state index in [1.54, 1.807) is 18.2 Å². The minimum Gasteiger partial charge on any atom is -0.271 e. The Kier molecular flexibility index (Phi) is 4.97. The van der Waals surface area contributed by atoms with Crippen LogP contribution in [0.15, 0.2) is 45.3 Å². The summed E-state index contributed by atoms with van der Waals surface area (Å²) in [6, 6.07) is 9.54. The van der Waals surface area contributed by atoms with Crippen LogP contribution >= 0.6 is 43.5 Å². The van der Waals surface area contributed by atoms with Crippen molar-refractivity contribution in [3.63, 3.8) is 0 Å². The molecule has 2 nitrogen and oxygen atoms in total. The Morgan fingerprint density at radius 3 is 2.26 bits per heavy atom. The van der Waals surface area contributed by atoms with E-state index in [2.05, 4.69) is 37.3 Å². The zero-order chi connectivity index (χ0) is 14.0. The Balaban J connectivity index is 2.55. The lowest BCUT2D eigenvalue weighted by Crippen LogP contribution is -2.29. The van der Waals surface area contributed by atoms with Gasteiger partial charge in [0.25, 0.3) is 0 Å². The van der Waals surface area contributed by atoms with Crippen molar-refractivity contribution < 1.29 is 4.39 Å². The highest BCUT2D eigenvalue weighted by atomic mass is 79.9. The lowest BCUT2D eigenvalue weighted by molar-refractivity contribution is 0.559. The summed E-state index contributed by atoms with van der Waals surface area (Å²) < 4.78 is 15.6. The maximum Gasteiger partial charge on any atom is 0.128 e. The van der Waals surface area contributed by atoms with Gasteiger partial charge in [0.2, 0.25) is 0 Å². The maximum atomic E-state index is 14.0. The molecule has 0 aliphatic rings. The third-order valence-corrected chi connectivity index (χ3v) is 4.04. The van der Waals surface area contributed by atoms with Crippen molar-refractivity contribution in [3.05, 3.63) is 67.3 Å². The molecule has 1 atom stereocenters. The summed E-state index contributed by atoms with van der Waals surface area (Å²) in [4.78, 5) is 0. The van der Waals surface area contributed by atoms with Crippen molar-refractivity contribution in [3.8, 4) is 0 Å². The van der Waals surface area contributed by atoms with Gasteiger partial charge in [-0.05, 0) is 42.0 Å². The summed E-state index contributed by atoms with van der Waals surface area (Å²) >= 11 is 12.9. The van der Waals surface area contributed by atoms with Crippen molar-refractivity contribution in [2.45, 2.75) is 6.04 Å². The molecule has 19 heavy (non-hydrogen) atoms. The predicted molar refractivity (Wildman–Crippen MR) is 82.4 cm³/mol. The molecule has 0 spiro atoms. The van der Waals surface area contributed by atoms with Crippen molar-refractivity contribution in [1.29, 1.82) is 0 Å². The standard InChI is InChI=1S/C13H10Br2ClFN2/c14-7-1-3-11(16)9(5-7)13(19-18)10-6-8(15)2-4-12(10)17/h1-6,13,19H,18H2. The van der Waals surface area contributed by atoms with Gasteiger partial charge in [-0.1, -0.05) is 43.5 Å². The molecule has 0 amide bonds. The normalized spacial score (nSPS) is 12.5. The molecule has 0 aromatic heterocycles. The lowest BCUT2D eigenvalue weighted by Gasteiger charge is -2.19. The number of nitrogens with one attached hydrogen (secondary N) is 1. The molecular weight excluding hydrogens is 398 g/mol. The topological polar surface area (TPSA) is 38.0 Å². The van der Waals surface area contributed by atoms with E-state index in [1.165, 1.54) is 6.07 Å². The monoisotopic (exact) mass is 406 g/mol. The molecule has 0 saturated carbocycles. The van der Waals surface area contributed by atoms with E-state index in [0.717, 1.165) is 8.95 Å². The van der Waals surface area contributed by atoms with Gasteiger partial charge in [0.15, 0.2) is 0 Å². The summed E-state index contributed by atoms with van der Waals surface area (Å²) in [7, 11) is 0. The molecule has 1 unspecified atom stereocenters. The van der Waals surface area contributed by atoms with Crippen LogP contribution < -0.4 is 11.3 Å². The van der Waals surface area contributed by atoms with Crippen LogP contribution in [0.2, 0.25) is 5.02 Å². The van der Waals surface area contributed by atoms with Gasteiger partial charge in [-0.15, -0.1) is 0 Å². The maximum absolute atomic E-state index is 14.0. The summed E-state index contributed by atoms with van der Waals surface area (Å²) in [6.45, 7) is 0. The van der Waals surface area contributed by atoms with E-state index in [9.17, 15) is 4.39 Å². The van der Waals surface area contributed by atoms with Crippen molar-refractivity contribution in [1.82, 2.24) is 5.43 Å². The quantitative estimate of drug-likeness (QED) is 0.577. The third kappa shape index (κ3) is 3.35. The van der Waals surface area contributed by atoms with Crippen LogP contribution in [0.25, 0.3) is 0 Å². The minimum absolute atomic E-state index is 0.345. The highest BCUT2D eigenvalue weighted by molar-refractivity contribution is 9.10. The molecule has 2 aromatic carbocycles. The first-order valence-corrected chi connectivity index (χ1v) is 7.35. The first kappa shape index (κ1) is 14.9. The molecule has 2 rings (SSSR count). The molecule has 2 aromatic rings. The van der Waals surface area contributed by atoms with Crippen molar-refractivity contribution in [2.75, 3.05) is 0 Å². The van der Waals surface area contributed by atoms with Crippen LogP contribution in [0.1, 0.15) is 17.2 Å². The van der Waals surface area contributed by atoms with Gasteiger partial charge in [0.05, 0.1) is 6.04 Å². The second-order valence-electron chi connectivity index (χ2n) is 3.93. The van der Waals surface area contributed by atoms with Gasteiger partial charge in [0, 0.05) is 19.5 Å². The van der Waals surface area contributed by atoms with Gasteiger partial charge in [-0.2, -0.15) is 0 Å². The van der Waals surface area contributed by atoms with E-state index in [4.69, 9.17) is 17.4 Å². The molecule has 0 heterocycles. The molecule has 3 N–H and O–H groups in total. The van der Waals surface area contributed by atoms with Gasteiger partial charge < -0.3 is 0 Å². The molecular formula is C13H10Br2ClFN2. The average molecular weight is 408 g/mol. The van der Waals surface area contributed by atoms with E-state index >= 15 is 0 Å². The Hall–Kier alpha value is -0.460. The number of halogens is 4. The number of hydrogen-bond donors (Lipinski definition) is 2. The van der Waals surface area contributed by atoms with Crippen LogP contribution in [0.5, 0.6) is 0 Å². The van der Waals surface area contributed by atoms with Crippen LogP contribution in [0.3, 0.4) is 0 Å².